The number of nitrogens with one attached hydrogen (secondary N) is 1. The Morgan fingerprint density at radius 2 is 1.86 bits per heavy atom. The third-order valence-electron chi connectivity index (χ3n) is 3.82. The average Bonchev–Trinajstić information content (AvgIpc) is 2.89. The molecular weight excluding hydrogens is 322 g/mol. The molecule has 2 aromatic carbocycles. The van der Waals surface area contributed by atoms with E-state index in [2.05, 4.69) is 5.32 Å². The van der Waals surface area contributed by atoms with Gasteiger partial charge in [0.15, 0.2) is 0 Å². The third kappa shape index (κ3) is 3.00. The maximum absolute atomic E-state index is 12.2. The van der Waals surface area contributed by atoms with E-state index < -0.39 is 9.05 Å². The van der Waals surface area contributed by atoms with Crippen molar-refractivity contribution < 1.29 is 13.2 Å². The summed E-state index contributed by atoms with van der Waals surface area (Å²) in [4.78, 5) is 12.3. The Balaban J connectivity index is 1.86. The first-order chi connectivity index (χ1) is 10.4. The Labute approximate surface area is 133 Å². The van der Waals surface area contributed by atoms with Crippen molar-refractivity contribution in [2.45, 2.75) is 23.8 Å². The first kappa shape index (κ1) is 15.1. The fraction of sp³-hybridized carbons (Fsp3) is 0.188. The summed E-state index contributed by atoms with van der Waals surface area (Å²) >= 11 is 0. The van der Waals surface area contributed by atoms with Crippen molar-refractivity contribution in [3.05, 3.63) is 65.2 Å². The van der Waals surface area contributed by atoms with Gasteiger partial charge in [0.25, 0.3) is 15.0 Å². The van der Waals surface area contributed by atoms with Crippen LogP contribution < -0.4 is 5.32 Å². The van der Waals surface area contributed by atoms with Gasteiger partial charge in [-0.1, -0.05) is 24.3 Å². The summed E-state index contributed by atoms with van der Waals surface area (Å²) in [6.45, 7) is 0. The largest absolute Gasteiger partial charge is 0.345 e. The lowest BCUT2D eigenvalue weighted by Crippen LogP contribution is -2.27. The number of carbonyl (C=O) groups is 1. The molecule has 1 amide bonds. The number of fused-ring (bicyclic) bond motifs is 1. The van der Waals surface area contributed by atoms with Crippen molar-refractivity contribution in [3.8, 4) is 0 Å². The molecule has 22 heavy (non-hydrogen) atoms. The lowest BCUT2D eigenvalue weighted by Gasteiger charge is -2.14. The summed E-state index contributed by atoms with van der Waals surface area (Å²) in [6.07, 6.45) is 1.55. The number of amides is 1. The molecule has 1 N–H and O–H groups in total. The van der Waals surface area contributed by atoms with Crippen LogP contribution in [0.2, 0.25) is 0 Å². The van der Waals surface area contributed by atoms with Gasteiger partial charge in [-0.25, -0.2) is 8.42 Å². The maximum atomic E-state index is 12.2. The van der Waals surface area contributed by atoms with Gasteiger partial charge in [0, 0.05) is 16.2 Å². The number of hydrogen-bond donors (Lipinski definition) is 1. The molecule has 0 fully saturated rings. The van der Waals surface area contributed by atoms with Crippen LogP contribution in [0.3, 0.4) is 0 Å². The molecule has 0 heterocycles. The highest BCUT2D eigenvalue weighted by molar-refractivity contribution is 8.13. The van der Waals surface area contributed by atoms with Crippen molar-refractivity contribution in [1.29, 1.82) is 0 Å². The van der Waals surface area contributed by atoms with E-state index in [-0.39, 0.29) is 16.8 Å². The molecule has 2 aromatic rings. The van der Waals surface area contributed by atoms with Crippen LogP contribution in [0.15, 0.2) is 53.4 Å². The number of aryl methyl sites for hydroxylation is 1. The summed E-state index contributed by atoms with van der Waals surface area (Å²) in [6, 6.07) is 13.6. The zero-order valence-corrected chi connectivity index (χ0v) is 13.2. The van der Waals surface area contributed by atoms with Crippen LogP contribution in [0.25, 0.3) is 0 Å². The monoisotopic (exact) mass is 335 g/mol. The summed E-state index contributed by atoms with van der Waals surface area (Å²) in [5.74, 6) is -0.169. The van der Waals surface area contributed by atoms with Crippen molar-refractivity contribution in [3.63, 3.8) is 0 Å². The Bertz CT molecular complexity index is 819. The van der Waals surface area contributed by atoms with Gasteiger partial charge in [0.2, 0.25) is 0 Å². The predicted octanol–water partition coefficient (Wildman–Crippen LogP) is 3.03. The predicted molar refractivity (Wildman–Crippen MR) is 84.5 cm³/mol. The number of rotatable bonds is 3. The van der Waals surface area contributed by atoms with Crippen molar-refractivity contribution >= 4 is 25.6 Å². The molecule has 4 nitrogen and oxygen atoms in total. The van der Waals surface area contributed by atoms with Gasteiger partial charge in [-0.05, 0) is 48.2 Å². The van der Waals surface area contributed by atoms with Gasteiger partial charge in [-0.2, -0.15) is 0 Å². The van der Waals surface area contributed by atoms with E-state index in [0.717, 1.165) is 24.0 Å². The summed E-state index contributed by atoms with van der Waals surface area (Å²) in [5.41, 5.74) is 2.45. The first-order valence-corrected chi connectivity index (χ1v) is 9.19. The van der Waals surface area contributed by atoms with Gasteiger partial charge in [0.05, 0.1) is 10.9 Å². The van der Waals surface area contributed by atoms with E-state index in [1.54, 1.807) is 36.4 Å². The number of benzene rings is 2. The highest BCUT2D eigenvalue weighted by Gasteiger charge is 2.26. The molecule has 0 aliphatic heterocycles. The lowest BCUT2D eigenvalue weighted by atomic mass is 10.1. The fourth-order valence-corrected chi connectivity index (χ4v) is 3.50. The number of carbonyl (C=O) groups excluding carboxylic acids is 1. The second-order valence-corrected chi connectivity index (χ2v) is 7.80. The van der Waals surface area contributed by atoms with Crippen LogP contribution in [0.5, 0.6) is 0 Å². The number of hydrogen-bond acceptors (Lipinski definition) is 3. The fourth-order valence-electron chi connectivity index (χ4n) is 2.71. The van der Waals surface area contributed by atoms with E-state index >= 15 is 0 Å². The van der Waals surface area contributed by atoms with Crippen LogP contribution in [-0.2, 0) is 15.5 Å². The van der Waals surface area contributed by atoms with Crippen LogP contribution in [0.4, 0.5) is 0 Å². The normalized spacial score (nSPS) is 17.0. The SMILES string of the molecule is O=C(NC1CCc2ccc(S(=O)(=O)Cl)cc21)c1ccccc1. The molecule has 0 saturated heterocycles. The minimum Gasteiger partial charge on any atom is -0.345 e. The third-order valence-corrected chi connectivity index (χ3v) is 5.17. The van der Waals surface area contributed by atoms with E-state index in [4.69, 9.17) is 10.7 Å². The highest BCUT2D eigenvalue weighted by atomic mass is 35.7. The maximum Gasteiger partial charge on any atom is 0.261 e. The molecular formula is C16H14ClNO3S. The highest BCUT2D eigenvalue weighted by Crippen LogP contribution is 2.33. The van der Waals surface area contributed by atoms with Crippen molar-refractivity contribution in [1.82, 2.24) is 5.32 Å². The first-order valence-electron chi connectivity index (χ1n) is 6.88. The van der Waals surface area contributed by atoms with Gasteiger partial charge < -0.3 is 5.32 Å². The molecule has 1 atom stereocenters. The summed E-state index contributed by atoms with van der Waals surface area (Å²) in [5, 5.41) is 2.95. The minimum absolute atomic E-state index is 0.0637. The molecule has 0 saturated carbocycles. The van der Waals surface area contributed by atoms with Gasteiger partial charge in [0.1, 0.15) is 0 Å². The Morgan fingerprint density at radius 3 is 2.55 bits per heavy atom. The molecule has 114 valence electrons. The Hall–Kier alpha value is -1.85. The van der Waals surface area contributed by atoms with Gasteiger partial charge >= 0.3 is 0 Å². The molecule has 1 aliphatic carbocycles. The van der Waals surface area contributed by atoms with E-state index in [9.17, 15) is 13.2 Å². The van der Waals surface area contributed by atoms with Gasteiger partial charge in [-0.15, -0.1) is 0 Å². The number of halogens is 1. The topological polar surface area (TPSA) is 63.2 Å². The van der Waals surface area contributed by atoms with Crippen LogP contribution >= 0.6 is 10.7 Å². The summed E-state index contributed by atoms with van der Waals surface area (Å²) in [7, 11) is 1.63. The molecule has 0 spiro atoms. The molecule has 0 aromatic heterocycles. The molecule has 0 bridgehead atoms. The molecule has 1 aliphatic rings. The Morgan fingerprint density at radius 1 is 1.14 bits per heavy atom. The van der Waals surface area contributed by atoms with Crippen molar-refractivity contribution in [2.24, 2.45) is 0 Å². The molecule has 6 heteroatoms. The zero-order valence-electron chi connectivity index (χ0n) is 11.6. The second kappa shape index (κ2) is 5.74. The quantitative estimate of drug-likeness (QED) is 0.877. The second-order valence-electron chi connectivity index (χ2n) is 5.23. The van der Waals surface area contributed by atoms with E-state index in [1.165, 1.54) is 6.07 Å². The standard InChI is InChI=1S/C16H14ClNO3S/c17-22(20,21)13-8-6-11-7-9-15(14(11)10-13)18-16(19)12-4-2-1-3-5-12/h1-6,8,10,15H,7,9H2,(H,18,19). The molecule has 1 unspecified atom stereocenters. The van der Waals surface area contributed by atoms with Crippen LogP contribution in [0.1, 0.15) is 33.9 Å². The molecule has 0 radical (unpaired) electrons. The minimum atomic E-state index is -3.77. The average molecular weight is 336 g/mol. The van der Waals surface area contributed by atoms with Crippen molar-refractivity contribution in [2.75, 3.05) is 0 Å². The van der Waals surface area contributed by atoms with Crippen LogP contribution in [0, 0.1) is 0 Å². The lowest BCUT2D eigenvalue weighted by molar-refractivity contribution is 0.0936. The van der Waals surface area contributed by atoms with E-state index in [1.807, 2.05) is 6.07 Å². The van der Waals surface area contributed by atoms with Crippen LogP contribution in [-0.4, -0.2) is 14.3 Å². The van der Waals surface area contributed by atoms with E-state index in [0.29, 0.717) is 5.56 Å². The van der Waals surface area contributed by atoms with Gasteiger partial charge in [-0.3, -0.25) is 4.79 Å². The molecule has 3 rings (SSSR count). The zero-order chi connectivity index (χ0) is 15.7. The summed E-state index contributed by atoms with van der Waals surface area (Å²) < 4.78 is 22.9. The Kier molecular flexibility index (Phi) is 3.93. The smallest absolute Gasteiger partial charge is 0.261 e.